The molecule has 5 nitrogen and oxygen atoms in total. The zero-order valence-electron chi connectivity index (χ0n) is 12.4. The zero-order valence-corrected chi connectivity index (χ0v) is 12.4. The van der Waals surface area contributed by atoms with Crippen molar-refractivity contribution in [2.75, 3.05) is 18.6 Å². The molecule has 0 spiro atoms. The molecule has 0 saturated heterocycles. The molecule has 0 aliphatic heterocycles. The number of hydrogen-bond donors (Lipinski definition) is 2. The maximum Gasteiger partial charge on any atom is 0.249 e. The van der Waals surface area contributed by atoms with Crippen LogP contribution in [0.2, 0.25) is 0 Å². The van der Waals surface area contributed by atoms with Gasteiger partial charge in [-0.05, 0) is 17.7 Å². The van der Waals surface area contributed by atoms with Gasteiger partial charge >= 0.3 is 0 Å². The van der Waals surface area contributed by atoms with Crippen LogP contribution >= 0.6 is 0 Å². The smallest absolute Gasteiger partial charge is 0.249 e. The Morgan fingerprint density at radius 2 is 1.90 bits per heavy atom. The number of hydrogen-bond acceptors (Lipinski definition) is 3. The van der Waals surface area contributed by atoms with E-state index in [2.05, 4.69) is 0 Å². The highest BCUT2D eigenvalue weighted by Gasteiger charge is 2.19. The van der Waals surface area contributed by atoms with Gasteiger partial charge in [-0.15, -0.1) is 0 Å². The largest absolute Gasteiger partial charge is 0.396 e. The van der Waals surface area contributed by atoms with E-state index in [9.17, 15) is 14.7 Å². The van der Waals surface area contributed by atoms with Crippen LogP contribution in [0.3, 0.4) is 0 Å². The van der Waals surface area contributed by atoms with Crippen LogP contribution in [-0.4, -0.2) is 30.6 Å². The van der Waals surface area contributed by atoms with Gasteiger partial charge in [0.2, 0.25) is 11.8 Å². The molecule has 0 aliphatic carbocycles. The standard InChI is InChI=1S/C15H22N2O3/c1-9(2)15(20)17(4)11-5-6-12(10(3)8-18)13(7-11)14(16)19/h5-7,9-10,18H,8H2,1-4H3,(H2,16,19)/t10-/m1/s1. The Morgan fingerprint density at radius 1 is 1.30 bits per heavy atom. The molecule has 1 aromatic rings. The topological polar surface area (TPSA) is 83.6 Å². The van der Waals surface area contributed by atoms with E-state index in [0.717, 1.165) is 0 Å². The summed E-state index contributed by atoms with van der Waals surface area (Å²) in [5.41, 5.74) is 7.03. The molecule has 0 unspecified atom stereocenters. The first kappa shape index (κ1) is 16.2. The number of nitrogens with two attached hydrogens (primary N) is 1. The maximum absolute atomic E-state index is 12.0. The number of aliphatic hydroxyl groups is 1. The Labute approximate surface area is 119 Å². The quantitative estimate of drug-likeness (QED) is 0.856. The number of benzene rings is 1. The summed E-state index contributed by atoms with van der Waals surface area (Å²) in [6, 6.07) is 5.10. The molecule has 0 heterocycles. The number of anilines is 1. The predicted molar refractivity (Wildman–Crippen MR) is 78.7 cm³/mol. The fourth-order valence-corrected chi connectivity index (χ4v) is 2.01. The average molecular weight is 278 g/mol. The van der Waals surface area contributed by atoms with Gasteiger partial charge in [-0.2, -0.15) is 0 Å². The van der Waals surface area contributed by atoms with Crippen LogP contribution in [0.15, 0.2) is 18.2 Å². The van der Waals surface area contributed by atoms with E-state index in [4.69, 9.17) is 5.73 Å². The summed E-state index contributed by atoms with van der Waals surface area (Å²) in [4.78, 5) is 25.0. The normalized spacial score (nSPS) is 12.3. The molecular formula is C15H22N2O3. The number of nitrogens with zero attached hydrogens (tertiary/aromatic N) is 1. The lowest BCUT2D eigenvalue weighted by Gasteiger charge is -2.22. The minimum atomic E-state index is -0.562. The Kier molecular flexibility index (Phi) is 5.27. The van der Waals surface area contributed by atoms with E-state index in [1.165, 1.54) is 4.90 Å². The summed E-state index contributed by atoms with van der Waals surface area (Å²) in [6.07, 6.45) is 0. The van der Waals surface area contributed by atoms with E-state index in [1.807, 2.05) is 20.8 Å². The van der Waals surface area contributed by atoms with Crippen LogP contribution in [0, 0.1) is 5.92 Å². The molecular weight excluding hydrogens is 256 g/mol. The number of carbonyl (C=O) groups is 2. The summed E-state index contributed by atoms with van der Waals surface area (Å²) in [7, 11) is 1.66. The van der Waals surface area contributed by atoms with Gasteiger partial charge in [-0.1, -0.05) is 26.8 Å². The predicted octanol–water partition coefficient (Wildman–Crippen LogP) is 1.50. The highest BCUT2D eigenvalue weighted by Crippen LogP contribution is 2.25. The van der Waals surface area contributed by atoms with Gasteiger partial charge in [0.05, 0.1) is 0 Å². The minimum Gasteiger partial charge on any atom is -0.396 e. The summed E-state index contributed by atoms with van der Waals surface area (Å²) in [5, 5.41) is 9.22. The number of amides is 2. The molecule has 20 heavy (non-hydrogen) atoms. The molecule has 0 aliphatic rings. The molecule has 2 amide bonds. The maximum atomic E-state index is 12.0. The van der Waals surface area contributed by atoms with E-state index in [-0.39, 0.29) is 24.3 Å². The first-order valence-corrected chi connectivity index (χ1v) is 6.61. The lowest BCUT2D eigenvalue weighted by atomic mass is 9.95. The van der Waals surface area contributed by atoms with Crippen molar-refractivity contribution in [2.24, 2.45) is 11.7 Å². The highest BCUT2D eigenvalue weighted by atomic mass is 16.3. The van der Waals surface area contributed by atoms with E-state index in [0.29, 0.717) is 16.8 Å². The minimum absolute atomic E-state index is 0.0385. The van der Waals surface area contributed by atoms with Crippen molar-refractivity contribution in [3.05, 3.63) is 29.3 Å². The third kappa shape index (κ3) is 3.36. The van der Waals surface area contributed by atoms with Crippen LogP contribution in [-0.2, 0) is 4.79 Å². The second kappa shape index (κ2) is 6.52. The SMILES string of the molecule is CC(C)C(=O)N(C)c1ccc([C@H](C)CO)c(C(N)=O)c1. The highest BCUT2D eigenvalue weighted by molar-refractivity contribution is 5.98. The number of aliphatic hydroxyl groups excluding tert-OH is 1. The molecule has 0 radical (unpaired) electrons. The van der Waals surface area contributed by atoms with Crippen molar-refractivity contribution < 1.29 is 14.7 Å². The number of rotatable bonds is 5. The molecule has 3 N–H and O–H groups in total. The second-order valence-electron chi connectivity index (χ2n) is 5.27. The van der Waals surface area contributed by atoms with E-state index >= 15 is 0 Å². The zero-order chi connectivity index (χ0) is 15.4. The number of primary amides is 1. The van der Waals surface area contributed by atoms with Gasteiger partial charge in [0, 0.05) is 36.7 Å². The van der Waals surface area contributed by atoms with Gasteiger partial charge in [-0.3, -0.25) is 9.59 Å². The van der Waals surface area contributed by atoms with Crippen LogP contribution in [0.5, 0.6) is 0 Å². The Hall–Kier alpha value is -1.88. The van der Waals surface area contributed by atoms with Gasteiger partial charge < -0.3 is 15.7 Å². The molecule has 1 aromatic carbocycles. The van der Waals surface area contributed by atoms with Crippen molar-refractivity contribution >= 4 is 17.5 Å². The Bertz CT molecular complexity index is 512. The summed E-state index contributed by atoms with van der Waals surface area (Å²) >= 11 is 0. The lowest BCUT2D eigenvalue weighted by molar-refractivity contribution is -0.121. The fraction of sp³-hybridized carbons (Fsp3) is 0.467. The monoisotopic (exact) mass is 278 g/mol. The number of carbonyl (C=O) groups excluding carboxylic acids is 2. The van der Waals surface area contributed by atoms with Crippen LogP contribution in [0.4, 0.5) is 5.69 Å². The van der Waals surface area contributed by atoms with E-state index in [1.54, 1.807) is 25.2 Å². The van der Waals surface area contributed by atoms with Gasteiger partial charge in [-0.25, -0.2) is 0 Å². The molecule has 1 rings (SSSR count). The van der Waals surface area contributed by atoms with Crippen molar-refractivity contribution in [3.8, 4) is 0 Å². The van der Waals surface area contributed by atoms with Gasteiger partial charge in [0.15, 0.2) is 0 Å². The van der Waals surface area contributed by atoms with Crippen molar-refractivity contribution in [2.45, 2.75) is 26.7 Å². The third-order valence-electron chi connectivity index (χ3n) is 3.32. The molecule has 0 bridgehead atoms. The van der Waals surface area contributed by atoms with Gasteiger partial charge in [0.25, 0.3) is 0 Å². The molecule has 0 saturated carbocycles. The Balaban J connectivity index is 3.23. The summed E-state index contributed by atoms with van der Waals surface area (Å²) < 4.78 is 0. The third-order valence-corrected chi connectivity index (χ3v) is 3.32. The molecule has 0 aromatic heterocycles. The lowest BCUT2D eigenvalue weighted by Crippen LogP contribution is -2.30. The van der Waals surface area contributed by atoms with Crippen LogP contribution < -0.4 is 10.6 Å². The summed E-state index contributed by atoms with van der Waals surface area (Å²) in [6.45, 7) is 5.37. The average Bonchev–Trinajstić information content (AvgIpc) is 2.43. The van der Waals surface area contributed by atoms with Crippen LogP contribution in [0.1, 0.15) is 42.6 Å². The first-order chi connectivity index (χ1) is 9.29. The van der Waals surface area contributed by atoms with Crippen molar-refractivity contribution in [1.29, 1.82) is 0 Å². The molecule has 1 atom stereocenters. The second-order valence-corrected chi connectivity index (χ2v) is 5.27. The molecule has 0 fully saturated rings. The Morgan fingerprint density at radius 3 is 2.35 bits per heavy atom. The first-order valence-electron chi connectivity index (χ1n) is 6.61. The summed E-state index contributed by atoms with van der Waals surface area (Å²) in [5.74, 6) is -0.915. The van der Waals surface area contributed by atoms with Crippen molar-refractivity contribution in [3.63, 3.8) is 0 Å². The van der Waals surface area contributed by atoms with E-state index < -0.39 is 5.91 Å². The fourth-order valence-electron chi connectivity index (χ4n) is 2.01. The molecule has 5 heteroatoms. The molecule has 110 valence electrons. The van der Waals surface area contributed by atoms with Crippen LogP contribution in [0.25, 0.3) is 0 Å². The van der Waals surface area contributed by atoms with Crippen molar-refractivity contribution in [1.82, 2.24) is 0 Å². The van der Waals surface area contributed by atoms with Gasteiger partial charge in [0.1, 0.15) is 0 Å².